The minimum atomic E-state index is -0.448. The summed E-state index contributed by atoms with van der Waals surface area (Å²) in [5, 5.41) is 2.91. The van der Waals surface area contributed by atoms with E-state index in [-0.39, 0.29) is 24.0 Å². The largest absolute Gasteiger partial charge is 0.355 e. The SMILES string of the molecule is CC(=O)c1c(C)[nH]c(C(=O)[C@H](C)N(C)CC(=O)NC2CC2)c1C. The Morgan fingerprint density at radius 2 is 1.91 bits per heavy atom. The molecule has 0 bridgehead atoms. The lowest BCUT2D eigenvalue weighted by atomic mass is 10.0. The predicted molar refractivity (Wildman–Crippen MR) is 87.9 cm³/mol. The number of aryl methyl sites for hydroxylation is 1. The van der Waals surface area contributed by atoms with Crippen molar-refractivity contribution in [3.8, 4) is 0 Å². The van der Waals surface area contributed by atoms with Crippen LogP contribution in [0, 0.1) is 13.8 Å². The molecule has 2 rings (SSSR count). The lowest BCUT2D eigenvalue weighted by Gasteiger charge is -2.22. The van der Waals surface area contributed by atoms with Gasteiger partial charge in [-0.15, -0.1) is 0 Å². The minimum absolute atomic E-state index is 0.0554. The molecule has 1 amide bonds. The Kier molecular flexibility index (Phi) is 5.04. The van der Waals surface area contributed by atoms with Crippen molar-refractivity contribution in [3.05, 3.63) is 22.5 Å². The van der Waals surface area contributed by atoms with Crippen LogP contribution in [0.15, 0.2) is 0 Å². The summed E-state index contributed by atoms with van der Waals surface area (Å²) in [5.41, 5.74) is 2.42. The summed E-state index contributed by atoms with van der Waals surface area (Å²) in [6, 6.07) is -0.134. The predicted octanol–water partition coefficient (Wildman–Crippen LogP) is 1.62. The molecule has 6 heteroatoms. The molecular formula is C17H25N3O3. The highest BCUT2D eigenvalue weighted by Crippen LogP contribution is 2.21. The van der Waals surface area contributed by atoms with E-state index in [1.165, 1.54) is 6.92 Å². The fourth-order valence-electron chi connectivity index (χ4n) is 2.80. The summed E-state index contributed by atoms with van der Waals surface area (Å²) < 4.78 is 0. The van der Waals surface area contributed by atoms with Gasteiger partial charge < -0.3 is 10.3 Å². The third-order valence-corrected chi connectivity index (χ3v) is 4.41. The molecule has 1 fully saturated rings. The molecule has 0 saturated heterocycles. The highest BCUT2D eigenvalue weighted by Gasteiger charge is 2.28. The highest BCUT2D eigenvalue weighted by atomic mass is 16.2. The molecule has 0 radical (unpaired) electrons. The van der Waals surface area contributed by atoms with Gasteiger partial charge in [-0.1, -0.05) is 0 Å². The maximum Gasteiger partial charge on any atom is 0.234 e. The van der Waals surface area contributed by atoms with Gasteiger partial charge in [-0.05, 0) is 53.1 Å². The standard InChI is InChI=1S/C17H25N3O3/c1-9-15(12(4)21)10(2)18-16(9)17(23)11(3)20(5)8-14(22)19-13-6-7-13/h11,13,18H,6-8H2,1-5H3,(H,19,22)/t11-/m0/s1. The molecule has 1 atom stereocenters. The van der Waals surface area contributed by atoms with Crippen molar-refractivity contribution in [2.24, 2.45) is 0 Å². The first-order valence-corrected chi connectivity index (χ1v) is 7.96. The number of H-pyrrole nitrogens is 1. The van der Waals surface area contributed by atoms with Gasteiger partial charge >= 0.3 is 0 Å². The van der Waals surface area contributed by atoms with Crippen LogP contribution in [0.1, 0.15) is 58.8 Å². The van der Waals surface area contributed by atoms with E-state index in [1.54, 1.807) is 32.7 Å². The van der Waals surface area contributed by atoms with E-state index >= 15 is 0 Å². The van der Waals surface area contributed by atoms with Crippen LogP contribution in [0.3, 0.4) is 0 Å². The van der Waals surface area contributed by atoms with Crippen LogP contribution in [-0.4, -0.2) is 53.0 Å². The summed E-state index contributed by atoms with van der Waals surface area (Å²) in [5.74, 6) is -0.224. The van der Waals surface area contributed by atoms with Crippen LogP contribution in [0.5, 0.6) is 0 Å². The second kappa shape index (κ2) is 6.66. The van der Waals surface area contributed by atoms with Crippen molar-refractivity contribution < 1.29 is 14.4 Å². The summed E-state index contributed by atoms with van der Waals surface area (Å²) in [6.07, 6.45) is 2.08. The molecule has 1 heterocycles. The third-order valence-electron chi connectivity index (χ3n) is 4.41. The topological polar surface area (TPSA) is 82.3 Å². The molecule has 2 N–H and O–H groups in total. The Balaban J connectivity index is 2.08. The molecular weight excluding hydrogens is 294 g/mol. The van der Waals surface area contributed by atoms with Gasteiger partial charge in [-0.25, -0.2) is 0 Å². The van der Waals surface area contributed by atoms with Gasteiger partial charge in [0.05, 0.1) is 18.3 Å². The Bertz CT molecular complexity index is 644. The fraction of sp³-hybridized carbons (Fsp3) is 0.588. The van der Waals surface area contributed by atoms with Crippen LogP contribution in [0.25, 0.3) is 0 Å². The van der Waals surface area contributed by atoms with E-state index in [2.05, 4.69) is 10.3 Å². The number of hydrogen-bond donors (Lipinski definition) is 2. The molecule has 23 heavy (non-hydrogen) atoms. The summed E-state index contributed by atoms with van der Waals surface area (Å²) in [7, 11) is 1.76. The van der Waals surface area contributed by atoms with Gasteiger partial charge in [0.25, 0.3) is 0 Å². The normalized spacial score (nSPS) is 15.6. The van der Waals surface area contributed by atoms with E-state index < -0.39 is 6.04 Å². The molecule has 1 aromatic heterocycles. The van der Waals surface area contributed by atoms with E-state index in [9.17, 15) is 14.4 Å². The van der Waals surface area contributed by atoms with Crippen molar-refractivity contribution in [2.45, 2.75) is 52.6 Å². The Morgan fingerprint density at radius 1 is 1.30 bits per heavy atom. The lowest BCUT2D eigenvalue weighted by Crippen LogP contribution is -2.43. The summed E-state index contributed by atoms with van der Waals surface area (Å²) in [4.78, 5) is 41.0. The van der Waals surface area contributed by atoms with Crippen LogP contribution >= 0.6 is 0 Å². The number of aromatic nitrogens is 1. The van der Waals surface area contributed by atoms with Crippen molar-refractivity contribution in [3.63, 3.8) is 0 Å². The van der Waals surface area contributed by atoms with Crippen LogP contribution < -0.4 is 5.32 Å². The molecule has 1 saturated carbocycles. The number of amides is 1. The molecule has 0 aromatic carbocycles. The van der Waals surface area contributed by atoms with Gasteiger partial charge in [0.2, 0.25) is 5.91 Å². The second-order valence-corrected chi connectivity index (χ2v) is 6.48. The molecule has 126 valence electrons. The highest BCUT2D eigenvalue weighted by molar-refractivity contribution is 6.05. The van der Waals surface area contributed by atoms with Gasteiger partial charge in [0.1, 0.15) is 0 Å². The van der Waals surface area contributed by atoms with Gasteiger partial charge in [0, 0.05) is 17.3 Å². The van der Waals surface area contributed by atoms with Crippen LogP contribution in [0.2, 0.25) is 0 Å². The number of Topliss-reactive ketones (excluding diaryl/α,β-unsaturated/α-hetero) is 2. The molecule has 0 unspecified atom stereocenters. The number of carbonyl (C=O) groups is 3. The van der Waals surface area contributed by atoms with Crippen molar-refractivity contribution in [1.82, 2.24) is 15.2 Å². The number of hydrogen-bond acceptors (Lipinski definition) is 4. The number of carbonyl (C=O) groups excluding carboxylic acids is 3. The number of ketones is 2. The molecule has 1 aliphatic carbocycles. The van der Waals surface area contributed by atoms with E-state index in [1.807, 2.05) is 0 Å². The van der Waals surface area contributed by atoms with Gasteiger partial charge in [-0.3, -0.25) is 19.3 Å². The molecule has 0 spiro atoms. The maximum atomic E-state index is 12.7. The fourth-order valence-corrected chi connectivity index (χ4v) is 2.80. The Hall–Kier alpha value is -1.95. The second-order valence-electron chi connectivity index (χ2n) is 6.48. The molecule has 1 aliphatic rings. The quantitative estimate of drug-likeness (QED) is 0.748. The number of rotatable bonds is 7. The lowest BCUT2D eigenvalue weighted by molar-refractivity contribution is -0.122. The van der Waals surface area contributed by atoms with Gasteiger partial charge in [0.15, 0.2) is 11.6 Å². The molecule has 1 aromatic rings. The number of nitrogens with zero attached hydrogens (tertiary/aromatic N) is 1. The average Bonchev–Trinajstić information content (AvgIpc) is 3.20. The number of nitrogens with one attached hydrogen (secondary N) is 2. The first-order chi connectivity index (χ1) is 10.7. The molecule has 6 nitrogen and oxygen atoms in total. The number of aromatic amines is 1. The zero-order valence-corrected chi connectivity index (χ0v) is 14.4. The van der Waals surface area contributed by atoms with Gasteiger partial charge in [-0.2, -0.15) is 0 Å². The maximum absolute atomic E-state index is 12.7. The third kappa shape index (κ3) is 3.88. The first kappa shape index (κ1) is 17.4. The Labute approximate surface area is 136 Å². The Morgan fingerprint density at radius 3 is 2.39 bits per heavy atom. The first-order valence-electron chi connectivity index (χ1n) is 7.96. The summed E-state index contributed by atoms with van der Waals surface area (Å²) in [6.45, 7) is 7.02. The van der Waals surface area contributed by atoms with Crippen LogP contribution in [0.4, 0.5) is 0 Å². The van der Waals surface area contributed by atoms with Crippen molar-refractivity contribution in [2.75, 3.05) is 13.6 Å². The monoisotopic (exact) mass is 319 g/mol. The van der Waals surface area contributed by atoms with Crippen molar-refractivity contribution in [1.29, 1.82) is 0 Å². The number of likely N-dealkylation sites (N-methyl/N-ethyl adjacent to an activating group) is 1. The average molecular weight is 319 g/mol. The zero-order chi connectivity index (χ0) is 17.3. The van der Waals surface area contributed by atoms with Crippen molar-refractivity contribution >= 4 is 17.5 Å². The van der Waals surface area contributed by atoms with E-state index in [4.69, 9.17) is 0 Å². The smallest absolute Gasteiger partial charge is 0.234 e. The minimum Gasteiger partial charge on any atom is -0.355 e. The zero-order valence-electron chi connectivity index (χ0n) is 14.4. The van der Waals surface area contributed by atoms with Crippen LogP contribution in [-0.2, 0) is 4.79 Å². The van der Waals surface area contributed by atoms with E-state index in [0.29, 0.717) is 28.6 Å². The molecule has 0 aliphatic heterocycles. The summed E-state index contributed by atoms with van der Waals surface area (Å²) >= 11 is 0. The van der Waals surface area contributed by atoms with E-state index in [0.717, 1.165) is 12.8 Å².